The lowest BCUT2D eigenvalue weighted by Gasteiger charge is -2.04. The summed E-state index contributed by atoms with van der Waals surface area (Å²) in [6, 6.07) is 3.75. The molecule has 0 saturated carbocycles. The van der Waals surface area contributed by atoms with Crippen LogP contribution >= 0.6 is 0 Å². The highest BCUT2D eigenvalue weighted by Crippen LogP contribution is 2.20. The molecule has 0 aliphatic rings. The number of aromatic amines is 1. The van der Waals surface area contributed by atoms with Crippen molar-refractivity contribution >= 4 is 5.97 Å². The molecule has 5 nitrogen and oxygen atoms in total. The Morgan fingerprint density at radius 1 is 1.39 bits per heavy atom. The molecule has 0 bridgehead atoms. The molecule has 0 saturated heterocycles. The first-order valence-corrected chi connectivity index (χ1v) is 5.04. The summed E-state index contributed by atoms with van der Waals surface area (Å²) in [5, 5.41) is 0. The maximum Gasteiger partial charge on any atom is 0.337 e. The monoisotopic (exact) mass is 248 g/mol. The zero-order valence-corrected chi connectivity index (χ0v) is 9.44. The molecule has 6 heteroatoms. The molecular formula is C12H9FN2O3. The number of hydrogen-bond acceptors (Lipinski definition) is 4. The number of carbonyl (C=O) groups is 1. The first-order chi connectivity index (χ1) is 8.63. The first-order valence-electron chi connectivity index (χ1n) is 5.04. The molecule has 0 fully saturated rings. The summed E-state index contributed by atoms with van der Waals surface area (Å²) < 4.78 is 18.3. The van der Waals surface area contributed by atoms with Crippen molar-refractivity contribution in [2.75, 3.05) is 7.11 Å². The Balaban J connectivity index is 2.52. The summed E-state index contributed by atoms with van der Waals surface area (Å²) in [5.74, 6) is -1.32. The van der Waals surface area contributed by atoms with Gasteiger partial charge in [-0.15, -0.1) is 0 Å². The first kappa shape index (κ1) is 12.0. The number of methoxy groups -OCH3 is 1. The normalized spacial score (nSPS) is 10.1. The Morgan fingerprint density at radius 2 is 2.17 bits per heavy atom. The van der Waals surface area contributed by atoms with Crippen molar-refractivity contribution in [1.29, 1.82) is 0 Å². The van der Waals surface area contributed by atoms with Crippen molar-refractivity contribution in [3.63, 3.8) is 0 Å². The Morgan fingerprint density at radius 3 is 2.78 bits per heavy atom. The number of carbonyl (C=O) groups excluding carboxylic acids is 1. The molecule has 0 amide bonds. The highest BCUT2D eigenvalue weighted by atomic mass is 19.1. The van der Waals surface area contributed by atoms with E-state index < -0.39 is 17.3 Å². The van der Waals surface area contributed by atoms with Crippen LogP contribution in [0, 0.1) is 5.82 Å². The van der Waals surface area contributed by atoms with E-state index in [2.05, 4.69) is 14.7 Å². The fourth-order valence-electron chi connectivity index (χ4n) is 1.51. The molecule has 2 aromatic rings. The van der Waals surface area contributed by atoms with E-state index in [4.69, 9.17) is 0 Å². The third-order valence-electron chi connectivity index (χ3n) is 2.40. The molecule has 0 aliphatic carbocycles. The fourth-order valence-corrected chi connectivity index (χ4v) is 1.51. The number of nitrogens with one attached hydrogen (secondary N) is 1. The fraction of sp³-hybridized carbons (Fsp3) is 0.0833. The highest BCUT2D eigenvalue weighted by Gasteiger charge is 2.13. The van der Waals surface area contributed by atoms with Crippen LogP contribution in [0.25, 0.3) is 11.1 Å². The SMILES string of the molecule is COC(=O)c1ccc(-c2cnc[nH]c2=O)c(F)c1. The molecule has 1 N–H and O–H groups in total. The van der Waals surface area contributed by atoms with E-state index in [-0.39, 0.29) is 16.7 Å². The van der Waals surface area contributed by atoms with Crippen LogP contribution in [-0.4, -0.2) is 23.0 Å². The average molecular weight is 248 g/mol. The number of H-pyrrole nitrogens is 1. The molecule has 2 rings (SSSR count). The van der Waals surface area contributed by atoms with Crippen molar-refractivity contribution in [2.45, 2.75) is 0 Å². The minimum atomic E-state index is -0.684. The number of aromatic nitrogens is 2. The van der Waals surface area contributed by atoms with E-state index in [0.717, 1.165) is 6.07 Å². The Labute approximate surface area is 101 Å². The van der Waals surface area contributed by atoms with Gasteiger partial charge in [0.25, 0.3) is 5.56 Å². The summed E-state index contributed by atoms with van der Waals surface area (Å²) in [4.78, 5) is 28.8. The van der Waals surface area contributed by atoms with E-state index in [1.165, 1.54) is 31.8 Å². The third-order valence-corrected chi connectivity index (χ3v) is 2.40. The van der Waals surface area contributed by atoms with Crippen molar-refractivity contribution in [1.82, 2.24) is 9.97 Å². The van der Waals surface area contributed by atoms with Crippen molar-refractivity contribution in [2.24, 2.45) is 0 Å². The molecule has 0 aliphatic heterocycles. The van der Waals surface area contributed by atoms with E-state index in [1.54, 1.807) is 0 Å². The van der Waals surface area contributed by atoms with E-state index in [0.29, 0.717) is 0 Å². The number of ether oxygens (including phenoxy) is 1. The van der Waals surface area contributed by atoms with Gasteiger partial charge in [0.1, 0.15) is 5.82 Å². The van der Waals surface area contributed by atoms with Gasteiger partial charge in [-0.05, 0) is 12.1 Å². The van der Waals surface area contributed by atoms with Crippen LogP contribution in [0.1, 0.15) is 10.4 Å². The topological polar surface area (TPSA) is 72.0 Å². The van der Waals surface area contributed by atoms with Crippen LogP contribution in [0.3, 0.4) is 0 Å². The molecule has 18 heavy (non-hydrogen) atoms. The summed E-state index contributed by atoms with van der Waals surface area (Å²) in [7, 11) is 1.21. The lowest BCUT2D eigenvalue weighted by Crippen LogP contribution is -2.10. The van der Waals surface area contributed by atoms with Gasteiger partial charge in [-0.25, -0.2) is 14.2 Å². The molecule has 0 atom stereocenters. The van der Waals surface area contributed by atoms with Gasteiger partial charge in [0.15, 0.2) is 0 Å². The maximum atomic E-state index is 13.8. The van der Waals surface area contributed by atoms with Crippen LogP contribution < -0.4 is 5.56 Å². The molecule has 1 aromatic heterocycles. The lowest BCUT2D eigenvalue weighted by molar-refractivity contribution is 0.0600. The van der Waals surface area contributed by atoms with Gasteiger partial charge in [-0.3, -0.25) is 4.79 Å². The minimum Gasteiger partial charge on any atom is -0.465 e. The molecule has 1 heterocycles. The van der Waals surface area contributed by atoms with Crippen molar-refractivity contribution in [3.8, 4) is 11.1 Å². The average Bonchev–Trinajstić information content (AvgIpc) is 2.39. The molecule has 0 radical (unpaired) electrons. The molecule has 0 spiro atoms. The Kier molecular flexibility index (Phi) is 3.18. The Hall–Kier alpha value is -2.50. The second kappa shape index (κ2) is 4.79. The lowest BCUT2D eigenvalue weighted by atomic mass is 10.1. The van der Waals surface area contributed by atoms with Gasteiger partial charge < -0.3 is 9.72 Å². The summed E-state index contributed by atoms with van der Waals surface area (Å²) >= 11 is 0. The number of hydrogen-bond donors (Lipinski definition) is 1. The third kappa shape index (κ3) is 2.13. The van der Waals surface area contributed by atoms with Crippen LogP contribution in [0.15, 0.2) is 35.5 Å². The second-order valence-corrected chi connectivity index (χ2v) is 3.48. The molecule has 0 unspecified atom stereocenters. The molecule has 92 valence electrons. The van der Waals surface area contributed by atoms with Gasteiger partial charge in [-0.1, -0.05) is 6.07 Å². The van der Waals surface area contributed by atoms with E-state index in [9.17, 15) is 14.0 Å². The van der Waals surface area contributed by atoms with Crippen molar-refractivity contribution in [3.05, 3.63) is 52.5 Å². The highest BCUT2D eigenvalue weighted by molar-refractivity contribution is 5.90. The van der Waals surface area contributed by atoms with Gasteiger partial charge in [-0.2, -0.15) is 0 Å². The predicted octanol–water partition coefficient (Wildman–Crippen LogP) is 1.36. The number of rotatable bonds is 2. The number of esters is 1. The number of halogens is 1. The summed E-state index contributed by atoms with van der Waals surface area (Å²) in [6.45, 7) is 0. The van der Waals surface area contributed by atoms with Crippen molar-refractivity contribution < 1.29 is 13.9 Å². The van der Waals surface area contributed by atoms with Gasteiger partial charge in [0, 0.05) is 11.8 Å². The molecule has 1 aromatic carbocycles. The van der Waals surface area contributed by atoms with Gasteiger partial charge in [0.2, 0.25) is 0 Å². The predicted molar refractivity (Wildman–Crippen MR) is 61.6 cm³/mol. The second-order valence-electron chi connectivity index (χ2n) is 3.48. The Bertz CT molecular complexity index is 652. The quantitative estimate of drug-likeness (QED) is 0.814. The van der Waals surface area contributed by atoms with E-state index in [1.807, 2.05) is 0 Å². The van der Waals surface area contributed by atoms with Crippen LogP contribution in [0.2, 0.25) is 0 Å². The van der Waals surface area contributed by atoms with E-state index >= 15 is 0 Å². The summed E-state index contributed by atoms with van der Waals surface area (Å²) in [5.41, 5.74) is -0.183. The maximum absolute atomic E-state index is 13.8. The smallest absolute Gasteiger partial charge is 0.337 e. The van der Waals surface area contributed by atoms with Crippen LogP contribution in [0.4, 0.5) is 4.39 Å². The van der Waals surface area contributed by atoms with Crippen LogP contribution in [0.5, 0.6) is 0 Å². The minimum absolute atomic E-state index is 0.0806. The summed E-state index contributed by atoms with van der Waals surface area (Å²) in [6.07, 6.45) is 2.47. The number of benzene rings is 1. The standard InChI is InChI=1S/C12H9FN2O3/c1-18-12(17)7-2-3-8(10(13)4-7)9-5-14-6-15-11(9)16/h2-6H,1H3,(H,14,15,16). The van der Waals surface area contributed by atoms with Gasteiger partial charge in [0.05, 0.1) is 24.6 Å². The van der Waals surface area contributed by atoms with Crippen LogP contribution in [-0.2, 0) is 4.74 Å². The zero-order chi connectivity index (χ0) is 13.1. The zero-order valence-electron chi connectivity index (χ0n) is 9.44. The molecular weight excluding hydrogens is 239 g/mol. The number of nitrogens with zero attached hydrogens (tertiary/aromatic N) is 1. The van der Waals surface area contributed by atoms with Gasteiger partial charge >= 0.3 is 5.97 Å². The largest absolute Gasteiger partial charge is 0.465 e.